The van der Waals surface area contributed by atoms with Crippen LogP contribution in [0.4, 0.5) is 0 Å². The summed E-state index contributed by atoms with van der Waals surface area (Å²) in [6, 6.07) is 8.35. The van der Waals surface area contributed by atoms with Crippen LogP contribution in [0.1, 0.15) is 28.9 Å². The van der Waals surface area contributed by atoms with Gasteiger partial charge in [0.2, 0.25) is 10.0 Å². The molecule has 0 aliphatic rings. The Balaban J connectivity index is 2.27. The Morgan fingerprint density at radius 2 is 1.75 bits per heavy atom. The molecule has 0 fully saturated rings. The molecule has 0 unspecified atom stereocenters. The highest BCUT2D eigenvalue weighted by molar-refractivity contribution is 7.89. The Hall–Kier alpha value is -1.31. The lowest BCUT2D eigenvalue weighted by atomic mass is 10.1. The van der Waals surface area contributed by atoms with Crippen LogP contribution in [0.5, 0.6) is 0 Å². The van der Waals surface area contributed by atoms with Crippen molar-refractivity contribution in [3.63, 3.8) is 0 Å². The molecule has 0 aliphatic carbocycles. The number of hydrogen-bond donors (Lipinski definition) is 2. The van der Waals surface area contributed by atoms with E-state index in [1.54, 1.807) is 25.1 Å². The summed E-state index contributed by atoms with van der Waals surface area (Å²) in [5, 5.41) is 8.65. The van der Waals surface area contributed by atoms with E-state index in [0.717, 1.165) is 6.07 Å². The Kier molecular flexibility index (Phi) is 5.78. The standard InChI is InChI=1S/C15H13Cl3N2O3S/c1-8(11-4-3-10(16)7-13(11)18)20-15(21)9-2-5-12(17)14(6-9)24(19,22)23/h2-8H,1H3,(H,20,21)(H2,19,22,23)/t8-/m0/s1. The van der Waals surface area contributed by atoms with Gasteiger partial charge in [0.25, 0.3) is 5.91 Å². The number of rotatable bonds is 4. The average molecular weight is 408 g/mol. The molecule has 0 radical (unpaired) electrons. The summed E-state index contributed by atoms with van der Waals surface area (Å²) >= 11 is 17.8. The van der Waals surface area contributed by atoms with Crippen molar-refractivity contribution in [1.82, 2.24) is 5.32 Å². The molecule has 3 N–H and O–H groups in total. The number of nitrogens with two attached hydrogens (primary N) is 1. The molecule has 2 aromatic rings. The number of nitrogens with one attached hydrogen (secondary N) is 1. The lowest BCUT2D eigenvalue weighted by molar-refractivity contribution is 0.0939. The molecule has 0 bridgehead atoms. The van der Waals surface area contributed by atoms with Crippen LogP contribution in [-0.4, -0.2) is 14.3 Å². The van der Waals surface area contributed by atoms with Gasteiger partial charge in [-0.1, -0.05) is 40.9 Å². The normalized spacial score (nSPS) is 12.7. The van der Waals surface area contributed by atoms with E-state index in [2.05, 4.69) is 5.32 Å². The van der Waals surface area contributed by atoms with Crippen molar-refractivity contribution in [2.24, 2.45) is 5.14 Å². The maximum Gasteiger partial charge on any atom is 0.251 e. The number of benzene rings is 2. The van der Waals surface area contributed by atoms with Crippen molar-refractivity contribution in [2.75, 3.05) is 0 Å². The minimum atomic E-state index is -4.03. The lowest BCUT2D eigenvalue weighted by Crippen LogP contribution is -2.27. The molecule has 9 heteroatoms. The first-order chi connectivity index (χ1) is 11.1. The van der Waals surface area contributed by atoms with Gasteiger partial charge >= 0.3 is 0 Å². The van der Waals surface area contributed by atoms with E-state index in [9.17, 15) is 13.2 Å². The fourth-order valence-electron chi connectivity index (χ4n) is 2.07. The number of sulfonamides is 1. The van der Waals surface area contributed by atoms with Gasteiger partial charge in [-0.25, -0.2) is 13.6 Å². The van der Waals surface area contributed by atoms with Gasteiger partial charge < -0.3 is 5.32 Å². The van der Waals surface area contributed by atoms with E-state index >= 15 is 0 Å². The fourth-order valence-corrected chi connectivity index (χ4v) is 3.72. The summed E-state index contributed by atoms with van der Waals surface area (Å²) < 4.78 is 23.0. The molecule has 0 saturated heterocycles. The largest absolute Gasteiger partial charge is 0.345 e. The zero-order valence-electron chi connectivity index (χ0n) is 12.4. The molecule has 0 aliphatic heterocycles. The van der Waals surface area contributed by atoms with Gasteiger partial charge in [0.05, 0.1) is 11.1 Å². The lowest BCUT2D eigenvalue weighted by Gasteiger charge is -2.16. The molecule has 0 spiro atoms. The van der Waals surface area contributed by atoms with Gasteiger partial charge in [0.15, 0.2) is 0 Å². The number of carbonyl (C=O) groups excluding carboxylic acids is 1. The summed E-state index contributed by atoms with van der Waals surface area (Å²) in [6.07, 6.45) is 0. The highest BCUT2D eigenvalue weighted by Gasteiger charge is 2.18. The number of primary sulfonamides is 1. The van der Waals surface area contributed by atoms with E-state index in [4.69, 9.17) is 39.9 Å². The van der Waals surface area contributed by atoms with E-state index in [0.29, 0.717) is 15.6 Å². The number of amides is 1. The first-order valence-electron chi connectivity index (χ1n) is 6.67. The number of hydrogen-bond acceptors (Lipinski definition) is 3. The monoisotopic (exact) mass is 406 g/mol. The molecule has 128 valence electrons. The van der Waals surface area contributed by atoms with Crippen LogP contribution in [0, 0.1) is 0 Å². The first kappa shape index (κ1) is 19.0. The van der Waals surface area contributed by atoms with Crippen LogP contribution in [0.2, 0.25) is 15.1 Å². The molecule has 0 aromatic heterocycles. The van der Waals surface area contributed by atoms with Crippen molar-refractivity contribution in [3.8, 4) is 0 Å². The Labute approximate surface area is 154 Å². The molecular formula is C15H13Cl3N2O3S. The summed E-state index contributed by atoms with van der Waals surface area (Å²) in [5.74, 6) is -0.491. The van der Waals surface area contributed by atoms with Gasteiger partial charge in [-0.2, -0.15) is 0 Å². The third-order valence-electron chi connectivity index (χ3n) is 3.28. The van der Waals surface area contributed by atoms with Gasteiger partial charge in [0, 0.05) is 15.6 Å². The maximum absolute atomic E-state index is 12.3. The molecule has 1 atom stereocenters. The van der Waals surface area contributed by atoms with Crippen LogP contribution < -0.4 is 10.5 Å². The average Bonchev–Trinajstić information content (AvgIpc) is 2.46. The molecule has 0 heterocycles. The van der Waals surface area contributed by atoms with Crippen molar-refractivity contribution in [2.45, 2.75) is 17.9 Å². The molecule has 1 amide bonds. The predicted octanol–water partition coefficient (Wildman–Crippen LogP) is 3.79. The van der Waals surface area contributed by atoms with E-state index in [1.165, 1.54) is 12.1 Å². The van der Waals surface area contributed by atoms with E-state index in [-0.39, 0.29) is 15.5 Å². The number of halogens is 3. The molecule has 24 heavy (non-hydrogen) atoms. The number of carbonyl (C=O) groups is 1. The second-order valence-electron chi connectivity index (χ2n) is 5.05. The van der Waals surface area contributed by atoms with Gasteiger partial charge in [-0.3, -0.25) is 4.79 Å². The summed E-state index contributed by atoms with van der Waals surface area (Å²) in [7, 11) is -4.03. The molecule has 2 aromatic carbocycles. The summed E-state index contributed by atoms with van der Waals surface area (Å²) in [4.78, 5) is 12.0. The van der Waals surface area contributed by atoms with Crippen LogP contribution in [0.15, 0.2) is 41.3 Å². The van der Waals surface area contributed by atoms with Crippen LogP contribution >= 0.6 is 34.8 Å². The summed E-state index contributed by atoms with van der Waals surface area (Å²) in [5.41, 5.74) is 0.787. The molecular weight excluding hydrogens is 395 g/mol. The second kappa shape index (κ2) is 7.29. The van der Waals surface area contributed by atoms with Crippen LogP contribution in [0.25, 0.3) is 0 Å². The maximum atomic E-state index is 12.3. The van der Waals surface area contributed by atoms with Gasteiger partial charge in [-0.05, 0) is 42.8 Å². The molecule has 5 nitrogen and oxygen atoms in total. The van der Waals surface area contributed by atoms with Gasteiger partial charge in [0.1, 0.15) is 4.90 Å². The summed E-state index contributed by atoms with van der Waals surface area (Å²) in [6.45, 7) is 1.74. The smallest absolute Gasteiger partial charge is 0.251 e. The van der Waals surface area contributed by atoms with Crippen LogP contribution in [-0.2, 0) is 10.0 Å². The minimum absolute atomic E-state index is 0.0529. The molecule has 2 rings (SSSR count). The second-order valence-corrected chi connectivity index (χ2v) is 7.83. The Morgan fingerprint density at radius 1 is 1.08 bits per heavy atom. The predicted molar refractivity (Wildman–Crippen MR) is 95.2 cm³/mol. The van der Waals surface area contributed by atoms with Gasteiger partial charge in [-0.15, -0.1) is 0 Å². The zero-order valence-corrected chi connectivity index (χ0v) is 15.5. The van der Waals surface area contributed by atoms with E-state index in [1.807, 2.05) is 0 Å². The third-order valence-corrected chi connectivity index (χ3v) is 5.23. The van der Waals surface area contributed by atoms with Crippen molar-refractivity contribution >= 4 is 50.7 Å². The third kappa shape index (κ3) is 4.40. The van der Waals surface area contributed by atoms with Crippen molar-refractivity contribution in [1.29, 1.82) is 0 Å². The fraction of sp³-hybridized carbons (Fsp3) is 0.133. The SMILES string of the molecule is C[C@H](NC(=O)c1ccc(Cl)c(S(N)(=O)=O)c1)c1ccc(Cl)cc1Cl. The Morgan fingerprint density at radius 3 is 2.33 bits per heavy atom. The van der Waals surface area contributed by atoms with Crippen molar-refractivity contribution in [3.05, 3.63) is 62.6 Å². The van der Waals surface area contributed by atoms with E-state index < -0.39 is 22.0 Å². The molecule has 0 saturated carbocycles. The zero-order chi connectivity index (χ0) is 18.1. The quantitative estimate of drug-likeness (QED) is 0.808. The topological polar surface area (TPSA) is 89.3 Å². The Bertz CT molecular complexity index is 901. The van der Waals surface area contributed by atoms with Crippen molar-refractivity contribution < 1.29 is 13.2 Å². The highest BCUT2D eigenvalue weighted by atomic mass is 35.5. The highest BCUT2D eigenvalue weighted by Crippen LogP contribution is 2.27. The van der Waals surface area contributed by atoms with Crippen LogP contribution in [0.3, 0.4) is 0 Å². The minimum Gasteiger partial charge on any atom is -0.345 e. The first-order valence-corrected chi connectivity index (χ1v) is 9.36.